The van der Waals surface area contributed by atoms with Crippen molar-refractivity contribution in [2.45, 2.75) is 18.3 Å². The molecule has 0 saturated heterocycles. The van der Waals surface area contributed by atoms with Crippen molar-refractivity contribution in [2.24, 2.45) is 0 Å². The van der Waals surface area contributed by atoms with E-state index in [9.17, 15) is 9.59 Å². The van der Waals surface area contributed by atoms with Crippen LogP contribution in [0, 0.1) is 0 Å². The highest BCUT2D eigenvalue weighted by molar-refractivity contribution is 5.84. The summed E-state index contributed by atoms with van der Waals surface area (Å²) < 4.78 is 0. The monoisotopic (exact) mass is 223 g/mol. The highest BCUT2D eigenvalue weighted by atomic mass is 16.6. The molecule has 0 rings (SSSR count). The zero-order chi connectivity index (χ0) is 11.8. The molecule has 0 aliphatic heterocycles. The van der Waals surface area contributed by atoms with E-state index in [0.717, 1.165) is 0 Å². The van der Waals surface area contributed by atoms with Crippen molar-refractivity contribution in [3.63, 3.8) is 0 Å². The Balaban J connectivity index is 4.01. The number of hydrogen-bond acceptors (Lipinski definition) is 7. The van der Waals surface area contributed by atoms with Crippen LogP contribution in [-0.2, 0) is 14.4 Å². The van der Waals surface area contributed by atoms with Gasteiger partial charge in [-0.3, -0.25) is 14.4 Å². The number of rotatable bonds is 8. The third kappa shape index (κ3) is 4.81. The van der Waals surface area contributed by atoms with Gasteiger partial charge in [0.15, 0.2) is 5.78 Å². The predicted octanol–water partition coefficient (Wildman–Crippen LogP) is -3.69. The molecule has 3 atom stereocenters. The highest BCUT2D eigenvalue weighted by Gasteiger charge is 2.29. The number of aliphatic hydroxyl groups is 4. The minimum absolute atomic E-state index is 0.179. The molecule has 0 aliphatic carbocycles. The van der Waals surface area contributed by atoms with Crippen LogP contribution in [0.3, 0.4) is 0 Å². The van der Waals surface area contributed by atoms with Crippen LogP contribution in [0.1, 0.15) is 0 Å². The van der Waals surface area contributed by atoms with E-state index in [1.807, 2.05) is 0 Å². The van der Waals surface area contributed by atoms with Crippen molar-refractivity contribution >= 4 is 12.2 Å². The third-order valence-electron chi connectivity index (χ3n) is 1.58. The number of amides is 1. The first-order chi connectivity index (χ1) is 7.04. The number of Topliss-reactive ketones (excluding diaryl/α,β-unsaturated/α-hetero) is 1. The molecular formula is C7H13NO7. The lowest BCUT2D eigenvalue weighted by Gasteiger charge is -2.19. The third-order valence-corrected chi connectivity index (χ3v) is 1.58. The minimum atomic E-state index is -1.89. The van der Waals surface area contributed by atoms with Gasteiger partial charge in [0.2, 0.25) is 6.41 Å². The average Bonchev–Trinajstić information content (AvgIpc) is 2.26. The number of carbonyl (C=O) groups excluding carboxylic acids is 2. The van der Waals surface area contributed by atoms with Crippen LogP contribution in [0.15, 0.2) is 0 Å². The molecule has 0 heterocycles. The lowest BCUT2D eigenvalue weighted by atomic mass is 10.1. The molecule has 1 amide bonds. The summed E-state index contributed by atoms with van der Waals surface area (Å²) in [5.41, 5.74) is 1.71. The number of aliphatic hydroxyl groups excluding tert-OH is 4. The van der Waals surface area contributed by atoms with E-state index in [2.05, 4.69) is 4.84 Å². The zero-order valence-corrected chi connectivity index (χ0v) is 7.74. The van der Waals surface area contributed by atoms with E-state index in [-0.39, 0.29) is 6.41 Å². The Labute approximate surface area is 85.0 Å². The second-order valence-corrected chi connectivity index (χ2v) is 2.68. The van der Waals surface area contributed by atoms with Gasteiger partial charge in [0.05, 0.1) is 6.61 Å². The molecule has 0 spiro atoms. The van der Waals surface area contributed by atoms with E-state index < -0.39 is 37.3 Å². The van der Waals surface area contributed by atoms with Gasteiger partial charge in [-0.1, -0.05) is 0 Å². The molecule has 0 saturated carbocycles. The fourth-order valence-corrected chi connectivity index (χ4v) is 0.741. The van der Waals surface area contributed by atoms with Gasteiger partial charge in [-0.25, -0.2) is 5.48 Å². The van der Waals surface area contributed by atoms with Crippen LogP contribution >= 0.6 is 0 Å². The van der Waals surface area contributed by atoms with E-state index in [0.29, 0.717) is 0 Å². The normalized spacial score (nSPS) is 16.5. The van der Waals surface area contributed by atoms with Crippen LogP contribution in [0.2, 0.25) is 0 Å². The lowest BCUT2D eigenvalue weighted by Crippen LogP contribution is -2.45. The van der Waals surface area contributed by atoms with Crippen molar-refractivity contribution in [3.8, 4) is 0 Å². The molecule has 0 bridgehead atoms. The Morgan fingerprint density at radius 3 is 2.47 bits per heavy atom. The molecule has 0 aliphatic rings. The van der Waals surface area contributed by atoms with Gasteiger partial charge in [-0.05, 0) is 0 Å². The molecule has 5 N–H and O–H groups in total. The SMILES string of the molecule is O=CNOCC(=O)[C@H](O)[C@@H](O)[C@H](O)CO. The molecule has 8 heteroatoms. The first kappa shape index (κ1) is 13.9. The van der Waals surface area contributed by atoms with Crippen molar-refractivity contribution in [2.75, 3.05) is 13.2 Å². The Kier molecular flexibility index (Phi) is 6.75. The summed E-state index contributed by atoms with van der Waals surface area (Å²) in [6, 6.07) is 0. The molecule has 0 aromatic carbocycles. The summed E-state index contributed by atoms with van der Waals surface area (Å²) in [6.07, 6.45) is -5.13. The summed E-state index contributed by atoms with van der Waals surface area (Å²) >= 11 is 0. The Morgan fingerprint density at radius 1 is 1.40 bits per heavy atom. The van der Waals surface area contributed by atoms with Crippen molar-refractivity contribution in [1.82, 2.24) is 5.48 Å². The van der Waals surface area contributed by atoms with Gasteiger partial charge in [-0.2, -0.15) is 0 Å². The highest BCUT2D eigenvalue weighted by Crippen LogP contribution is 2.01. The molecule has 0 aromatic rings. The second kappa shape index (κ2) is 7.26. The standard InChI is InChI=1S/C7H13NO7/c9-1-4(11)6(13)7(14)5(12)2-15-8-3-10/h3-4,6-7,9,11,13-14H,1-2H2,(H,8,10)/t4-,6+,7+/m1/s1. The quantitative estimate of drug-likeness (QED) is 0.162. The largest absolute Gasteiger partial charge is 0.394 e. The second-order valence-electron chi connectivity index (χ2n) is 2.68. The Bertz CT molecular complexity index is 210. The molecule has 15 heavy (non-hydrogen) atoms. The smallest absolute Gasteiger partial charge is 0.230 e. The Morgan fingerprint density at radius 2 is 2.00 bits per heavy atom. The first-order valence-electron chi connectivity index (χ1n) is 4.03. The maximum atomic E-state index is 11.0. The van der Waals surface area contributed by atoms with E-state index >= 15 is 0 Å². The predicted molar refractivity (Wildman–Crippen MR) is 45.3 cm³/mol. The number of carbonyl (C=O) groups is 2. The van der Waals surface area contributed by atoms with Gasteiger partial charge in [0.25, 0.3) is 0 Å². The van der Waals surface area contributed by atoms with E-state index in [4.69, 9.17) is 20.4 Å². The van der Waals surface area contributed by atoms with Crippen molar-refractivity contribution in [1.29, 1.82) is 0 Å². The molecule has 0 fully saturated rings. The number of hydroxylamine groups is 1. The van der Waals surface area contributed by atoms with Crippen LogP contribution in [-0.4, -0.2) is 64.1 Å². The Hall–Kier alpha value is -1.06. The summed E-state index contributed by atoms with van der Waals surface area (Å²) in [5.74, 6) is -0.940. The maximum absolute atomic E-state index is 11.0. The topological polar surface area (TPSA) is 136 Å². The molecule has 88 valence electrons. The number of hydrogen-bond donors (Lipinski definition) is 5. The fraction of sp³-hybridized carbons (Fsp3) is 0.714. The molecule has 0 radical (unpaired) electrons. The lowest BCUT2D eigenvalue weighted by molar-refractivity contribution is -0.148. The van der Waals surface area contributed by atoms with Crippen LogP contribution in [0.5, 0.6) is 0 Å². The maximum Gasteiger partial charge on any atom is 0.230 e. The summed E-state index contributed by atoms with van der Waals surface area (Å²) in [6.45, 7) is -1.45. The van der Waals surface area contributed by atoms with Gasteiger partial charge in [0.1, 0.15) is 24.9 Å². The molecule has 8 nitrogen and oxygen atoms in total. The summed E-state index contributed by atoms with van der Waals surface area (Å²) in [7, 11) is 0. The number of ketones is 1. The van der Waals surface area contributed by atoms with Crippen LogP contribution in [0.4, 0.5) is 0 Å². The number of nitrogens with one attached hydrogen (secondary N) is 1. The first-order valence-corrected chi connectivity index (χ1v) is 4.03. The van der Waals surface area contributed by atoms with E-state index in [1.165, 1.54) is 0 Å². The van der Waals surface area contributed by atoms with Gasteiger partial charge < -0.3 is 20.4 Å². The summed E-state index contributed by atoms with van der Waals surface area (Å²) in [5, 5.41) is 35.5. The summed E-state index contributed by atoms with van der Waals surface area (Å²) in [4.78, 5) is 25.0. The molecule has 0 unspecified atom stereocenters. The molecular weight excluding hydrogens is 210 g/mol. The minimum Gasteiger partial charge on any atom is -0.394 e. The van der Waals surface area contributed by atoms with Gasteiger partial charge in [-0.15, -0.1) is 0 Å². The molecule has 0 aromatic heterocycles. The zero-order valence-electron chi connectivity index (χ0n) is 7.74. The van der Waals surface area contributed by atoms with Crippen molar-refractivity contribution in [3.05, 3.63) is 0 Å². The van der Waals surface area contributed by atoms with Crippen LogP contribution < -0.4 is 5.48 Å². The van der Waals surface area contributed by atoms with Gasteiger partial charge >= 0.3 is 0 Å². The fourth-order valence-electron chi connectivity index (χ4n) is 0.741. The van der Waals surface area contributed by atoms with Crippen molar-refractivity contribution < 1.29 is 34.9 Å². The average molecular weight is 223 g/mol. The van der Waals surface area contributed by atoms with Crippen LogP contribution in [0.25, 0.3) is 0 Å². The van der Waals surface area contributed by atoms with Gasteiger partial charge in [0, 0.05) is 0 Å². The van der Waals surface area contributed by atoms with E-state index in [1.54, 1.807) is 5.48 Å².